The monoisotopic (exact) mass is 334 g/mol. The summed E-state index contributed by atoms with van der Waals surface area (Å²) >= 11 is 6.66. The van der Waals surface area contributed by atoms with Crippen molar-refractivity contribution < 1.29 is 0 Å². The number of halogens is 2. The molecule has 1 unspecified atom stereocenters. The van der Waals surface area contributed by atoms with Gasteiger partial charge >= 0.3 is 0 Å². The van der Waals surface area contributed by atoms with Crippen LogP contribution in [0, 0.1) is 5.92 Å². The first-order chi connectivity index (χ1) is 7.16. The van der Waals surface area contributed by atoms with Crippen LogP contribution in [0.25, 0.3) is 0 Å². The smallest absolute Gasteiger partial charge is 0.264 e. The van der Waals surface area contributed by atoms with E-state index in [1.54, 1.807) is 10.6 Å². The lowest BCUT2D eigenvalue weighted by molar-refractivity contribution is 0.470. The lowest BCUT2D eigenvalue weighted by Crippen LogP contribution is -2.25. The first kappa shape index (κ1) is 11.4. The molecule has 2 heterocycles. The Morgan fingerprint density at radius 3 is 3.00 bits per heavy atom. The minimum Gasteiger partial charge on any atom is -0.316 e. The predicted molar refractivity (Wildman–Crippen MR) is 67.1 cm³/mol. The Bertz CT molecular complexity index is 410. The highest BCUT2D eigenvalue weighted by Crippen LogP contribution is 2.15. The first-order valence-corrected chi connectivity index (χ1v) is 6.51. The third-order valence-corrected chi connectivity index (χ3v) is 3.63. The molecule has 0 aromatic carbocycles. The molecule has 0 radical (unpaired) electrons. The summed E-state index contributed by atoms with van der Waals surface area (Å²) in [6.45, 7) is 2.87. The second-order valence-electron chi connectivity index (χ2n) is 3.82. The number of hydrogen-bond acceptors (Lipinski definition) is 2. The van der Waals surface area contributed by atoms with E-state index in [1.807, 2.05) is 6.20 Å². The summed E-state index contributed by atoms with van der Waals surface area (Å²) in [6.07, 6.45) is 3.00. The van der Waals surface area contributed by atoms with Crippen molar-refractivity contribution in [3.63, 3.8) is 0 Å². The van der Waals surface area contributed by atoms with E-state index in [9.17, 15) is 4.79 Å². The zero-order valence-electron chi connectivity index (χ0n) is 8.17. The van der Waals surface area contributed by atoms with Gasteiger partial charge in [0.1, 0.15) is 0 Å². The summed E-state index contributed by atoms with van der Waals surface area (Å²) in [5.74, 6) is 0.573. The van der Waals surface area contributed by atoms with Gasteiger partial charge in [-0.1, -0.05) is 0 Å². The molecule has 2 rings (SSSR count). The van der Waals surface area contributed by atoms with E-state index in [2.05, 4.69) is 37.2 Å². The second-order valence-corrected chi connectivity index (χ2v) is 5.59. The fourth-order valence-electron chi connectivity index (χ4n) is 1.85. The number of hydrogen-bond donors (Lipinski definition) is 1. The maximum absolute atomic E-state index is 11.8. The van der Waals surface area contributed by atoms with Gasteiger partial charge in [-0.05, 0) is 63.4 Å². The molecule has 1 saturated heterocycles. The average molecular weight is 336 g/mol. The summed E-state index contributed by atoms with van der Waals surface area (Å²) in [5, 5.41) is 3.30. The van der Waals surface area contributed by atoms with Gasteiger partial charge in [0.15, 0.2) is 0 Å². The highest BCUT2D eigenvalue weighted by Gasteiger charge is 2.16. The van der Waals surface area contributed by atoms with Crippen LogP contribution in [0.4, 0.5) is 0 Å². The van der Waals surface area contributed by atoms with Crippen LogP contribution in [-0.4, -0.2) is 17.7 Å². The van der Waals surface area contributed by atoms with E-state index in [0.717, 1.165) is 30.5 Å². The molecule has 3 nitrogen and oxygen atoms in total. The summed E-state index contributed by atoms with van der Waals surface area (Å²) in [7, 11) is 0. The number of rotatable bonds is 2. The van der Waals surface area contributed by atoms with Gasteiger partial charge in [-0.15, -0.1) is 0 Å². The van der Waals surface area contributed by atoms with Gasteiger partial charge in [0.25, 0.3) is 5.56 Å². The molecule has 0 amide bonds. The van der Waals surface area contributed by atoms with Crippen LogP contribution >= 0.6 is 31.9 Å². The molecule has 1 aromatic rings. The molecule has 0 saturated carbocycles. The van der Waals surface area contributed by atoms with Gasteiger partial charge in [-0.25, -0.2) is 0 Å². The molecular weight excluding hydrogens is 324 g/mol. The average Bonchev–Trinajstić information content (AvgIpc) is 2.66. The van der Waals surface area contributed by atoms with Gasteiger partial charge in [0, 0.05) is 17.2 Å². The fourth-order valence-corrected chi connectivity index (χ4v) is 3.11. The molecule has 0 bridgehead atoms. The Morgan fingerprint density at radius 1 is 1.53 bits per heavy atom. The molecule has 15 heavy (non-hydrogen) atoms. The van der Waals surface area contributed by atoms with Crippen molar-refractivity contribution in [3.05, 3.63) is 31.6 Å². The van der Waals surface area contributed by atoms with Crippen LogP contribution in [0.1, 0.15) is 6.42 Å². The van der Waals surface area contributed by atoms with Crippen LogP contribution in [0.2, 0.25) is 0 Å². The van der Waals surface area contributed by atoms with Crippen molar-refractivity contribution in [2.75, 3.05) is 13.1 Å². The molecule has 0 spiro atoms. The molecule has 5 heteroatoms. The molecule has 1 aliphatic heterocycles. The number of nitrogens with one attached hydrogen (secondary N) is 1. The van der Waals surface area contributed by atoms with E-state index in [0.29, 0.717) is 10.4 Å². The molecule has 1 N–H and O–H groups in total. The van der Waals surface area contributed by atoms with E-state index >= 15 is 0 Å². The number of pyridine rings is 1. The van der Waals surface area contributed by atoms with E-state index in [-0.39, 0.29) is 5.56 Å². The lowest BCUT2D eigenvalue weighted by Gasteiger charge is -2.11. The van der Waals surface area contributed by atoms with Gasteiger partial charge in [-0.2, -0.15) is 0 Å². The largest absolute Gasteiger partial charge is 0.316 e. The van der Waals surface area contributed by atoms with Gasteiger partial charge in [0.05, 0.1) is 4.47 Å². The van der Waals surface area contributed by atoms with Crippen LogP contribution in [0.5, 0.6) is 0 Å². The highest BCUT2D eigenvalue weighted by molar-refractivity contribution is 9.11. The Morgan fingerprint density at radius 2 is 2.33 bits per heavy atom. The SMILES string of the molecule is O=c1c(Br)cc(Br)cn1CC1CCNC1. The van der Waals surface area contributed by atoms with Gasteiger partial charge < -0.3 is 9.88 Å². The minimum atomic E-state index is 0.0464. The van der Waals surface area contributed by atoms with Crippen molar-refractivity contribution in [1.82, 2.24) is 9.88 Å². The topological polar surface area (TPSA) is 34.0 Å². The van der Waals surface area contributed by atoms with E-state index < -0.39 is 0 Å². The summed E-state index contributed by atoms with van der Waals surface area (Å²) < 4.78 is 3.31. The fraction of sp³-hybridized carbons (Fsp3) is 0.500. The standard InChI is InChI=1S/C10H12Br2N2O/c11-8-3-9(12)10(15)14(6-8)5-7-1-2-13-4-7/h3,6-7,13H,1-2,4-5H2. The van der Waals surface area contributed by atoms with E-state index in [4.69, 9.17) is 0 Å². The third-order valence-electron chi connectivity index (χ3n) is 2.63. The molecule has 1 atom stereocenters. The van der Waals surface area contributed by atoms with Gasteiger partial charge in [-0.3, -0.25) is 4.79 Å². The van der Waals surface area contributed by atoms with Crippen molar-refractivity contribution in [3.8, 4) is 0 Å². The molecular formula is C10H12Br2N2O. The van der Waals surface area contributed by atoms with Crippen LogP contribution < -0.4 is 10.9 Å². The second kappa shape index (κ2) is 4.80. The van der Waals surface area contributed by atoms with Crippen molar-refractivity contribution >= 4 is 31.9 Å². The molecule has 1 aromatic heterocycles. The minimum absolute atomic E-state index is 0.0464. The summed E-state index contributed by atoms with van der Waals surface area (Å²) in [5.41, 5.74) is 0.0464. The Balaban J connectivity index is 2.23. The van der Waals surface area contributed by atoms with E-state index in [1.165, 1.54) is 0 Å². The predicted octanol–water partition coefficient (Wildman–Crippen LogP) is 1.98. The van der Waals surface area contributed by atoms with Gasteiger partial charge in [0.2, 0.25) is 0 Å². The normalized spacial score (nSPS) is 20.8. The van der Waals surface area contributed by atoms with Crippen LogP contribution in [0.15, 0.2) is 26.0 Å². The van der Waals surface area contributed by atoms with Crippen molar-refractivity contribution in [2.45, 2.75) is 13.0 Å². The summed E-state index contributed by atoms with van der Waals surface area (Å²) in [6, 6.07) is 1.78. The van der Waals surface area contributed by atoms with Crippen molar-refractivity contribution in [1.29, 1.82) is 0 Å². The van der Waals surface area contributed by atoms with Crippen LogP contribution in [0.3, 0.4) is 0 Å². The summed E-state index contributed by atoms with van der Waals surface area (Å²) in [4.78, 5) is 11.8. The lowest BCUT2D eigenvalue weighted by atomic mass is 10.1. The Labute approximate surface area is 105 Å². The highest BCUT2D eigenvalue weighted by atomic mass is 79.9. The Kier molecular flexibility index (Phi) is 3.64. The van der Waals surface area contributed by atoms with Crippen LogP contribution in [-0.2, 0) is 6.54 Å². The quantitative estimate of drug-likeness (QED) is 0.896. The molecule has 1 fully saturated rings. The number of nitrogens with zero attached hydrogens (tertiary/aromatic N) is 1. The molecule has 1 aliphatic rings. The Hall–Kier alpha value is -0.130. The molecule has 0 aliphatic carbocycles. The zero-order chi connectivity index (χ0) is 10.8. The maximum Gasteiger partial charge on any atom is 0.264 e. The molecule has 82 valence electrons. The maximum atomic E-state index is 11.8. The van der Waals surface area contributed by atoms with Crippen molar-refractivity contribution in [2.24, 2.45) is 5.92 Å². The third kappa shape index (κ3) is 2.71. The number of aromatic nitrogens is 1. The first-order valence-electron chi connectivity index (χ1n) is 4.93. The zero-order valence-corrected chi connectivity index (χ0v) is 11.3.